The van der Waals surface area contributed by atoms with E-state index in [9.17, 15) is 9.59 Å². The average molecular weight is 303 g/mol. The zero-order valence-electron chi connectivity index (χ0n) is 8.46. The number of nitrogens with one attached hydrogen (secondary N) is 2. The van der Waals surface area contributed by atoms with Gasteiger partial charge in [-0.1, -0.05) is 0 Å². The normalized spacial score (nSPS) is 19.6. The number of carbonyl (C=O) groups is 2. The molecule has 0 aromatic carbocycles. The molecule has 1 aromatic heterocycles. The molecule has 2 N–H and O–H groups in total. The van der Waals surface area contributed by atoms with Crippen molar-refractivity contribution in [3.63, 3.8) is 0 Å². The van der Waals surface area contributed by atoms with Gasteiger partial charge in [-0.2, -0.15) is 0 Å². The predicted molar refractivity (Wildman–Crippen MR) is 65.0 cm³/mol. The van der Waals surface area contributed by atoms with Crippen molar-refractivity contribution in [2.45, 2.75) is 25.4 Å². The SMILES string of the molecule is O=C1CC[C@H](C(=O)NCc2ccc(Br)s2)N1. The summed E-state index contributed by atoms with van der Waals surface area (Å²) in [5, 5.41) is 5.45. The first kappa shape index (κ1) is 11.6. The standard InChI is InChI=1S/C10H11BrN2O2S/c11-8-3-1-6(16-8)5-12-10(15)7-2-4-9(14)13-7/h1,3,7H,2,4-5H2,(H,12,15)(H,13,14)/t7-/m1/s1. The van der Waals surface area contributed by atoms with Gasteiger partial charge in [-0.25, -0.2) is 0 Å². The fourth-order valence-electron chi connectivity index (χ4n) is 1.55. The number of thiophene rings is 1. The van der Waals surface area contributed by atoms with Crippen LogP contribution in [0.4, 0.5) is 0 Å². The molecule has 16 heavy (non-hydrogen) atoms. The maximum absolute atomic E-state index is 11.6. The van der Waals surface area contributed by atoms with Crippen molar-refractivity contribution in [2.24, 2.45) is 0 Å². The van der Waals surface area contributed by atoms with E-state index < -0.39 is 0 Å². The molecule has 4 nitrogen and oxygen atoms in total. The Labute approximate surface area is 106 Å². The zero-order chi connectivity index (χ0) is 11.5. The Hall–Kier alpha value is -0.880. The molecular weight excluding hydrogens is 292 g/mol. The smallest absolute Gasteiger partial charge is 0.242 e. The second-order valence-electron chi connectivity index (χ2n) is 3.58. The van der Waals surface area contributed by atoms with Crippen LogP contribution in [0.1, 0.15) is 17.7 Å². The van der Waals surface area contributed by atoms with Crippen LogP contribution in [0.15, 0.2) is 15.9 Å². The van der Waals surface area contributed by atoms with Crippen molar-refractivity contribution in [3.05, 3.63) is 20.8 Å². The molecule has 2 rings (SSSR count). The molecule has 0 unspecified atom stereocenters. The average Bonchev–Trinajstić information content (AvgIpc) is 2.84. The maximum Gasteiger partial charge on any atom is 0.242 e. The first-order valence-electron chi connectivity index (χ1n) is 4.96. The van der Waals surface area contributed by atoms with E-state index in [4.69, 9.17) is 0 Å². The van der Waals surface area contributed by atoms with Gasteiger partial charge in [0, 0.05) is 11.3 Å². The summed E-state index contributed by atoms with van der Waals surface area (Å²) in [5.74, 6) is -0.144. The van der Waals surface area contributed by atoms with E-state index in [1.54, 1.807) is 11.3 Å². The second-order valence-corrected chi connectivity index (χ2v) is 6.13. The van der Waals surface area contributed by atoms with Gasteiger partial charge in [0.1, 0.15) is 6.04 Å². The predicted octanol–water partition coefficient (Wildman–Crippen LogP) is 1.41. The fraction of sp³-hybridized carbons (Fsp3) is 0.400. The molecule has 1 atom stereocenters. The largest absolute Gasteiger partial charge is 0.349 e. The van der Waals surface area contributed by atoms with Gasteiger partial charge >= 0.3 is 0 Å². The number of halogens is 1. The highest BCUT2D eigenvalue weighted by Gasteiger charge is 2.26. The van der Waals surface area contributed by atoms with E-state index in [-0.39, 0.29) is 17.9 Å². The van der Waals surface area contributed by atoms with Crippen molar-refractivity contribution in [1.29, 1.82) is 0 Å². The Kier molecular flexibility index (Phi) is 3.60. The molecule has 1 aliphatic rings. The lowest BCUT2D eigenvalue weighted by molar-refractivity contribution is -0.125. The fourth-order valence-corrected chi connectivity index (χ4v) is 2.98. The van der Waals surface area contributed by atoms with Crippen molar-refractivity contribution in [2.75, 3.05) is 0 Å². The summed E-state index contributed by atoms with van der Waals surface area (Å²) in [6.07, 6.45) is 1.04. The summed E-state index contributed by atoms with van der Waals surface area (Å²) in [5.41, 5.74) is 0. The van der Waals surface area contributed by atoms with Crippen LogP contribution < -0.4 is 10.6 Å². The van der Waals surface area contributed by atoms with Gasteiger partial charge in [0.15, 0.2) is 0 Å². The van der Waals surface area contributed by atoms with E-state index in [2.05, 4.69) is 26.6 Å². The Bertz CT molecular complexity index is 419. The molecule has 2 amide bonds. The van der Waals surface area contributed by atoms with Crippen LogP contribution in [0.5, 0.6) is 0 Å². The van der Waals surface area contributed by atoms with Crippen LogP contribution in [0.3, 0.4) is 0 Å². The van der Waals surface area contributed by atoms with Crippen molar-refractivity contribution >= 4 is 39.1 Å². The third-order valence-electron chi connectivity index (χ3n) is 2.38. The van der Waals surface area contributed by atoms with Gasteiger partial charge in [0.2, 0.25) is 11.8 Å². The van der Waals surface area contributed by atoms with Crippen LogP contribution in [-0.4, -0.2) is 17.9 Å². The number of carbonyl (C=O) groups excluding carboxylic acids is 2. The molecule has 6 heteroatoms. The Morgan fingerprint density at radius 1 is 1.62 bits per heavy atom. The van der Waals surface area contributed by atoms with Crippen molar-refractivity contribution in [1.82, 2.24) is 10.6 Å². The lowest BCUT2D eigenvalue weighted by Gasteiger charge is -2.09. The first-order valence-corrected chi connectivity index (χ1v) is 6.57. The third kappa shape index (κ3) is 2.82. The molecule has 86 valence electrons. The van der Waals surface area contributed by atoms with Gasteiger partial charge in [0.05, 0.1) is 10.3 Å². The Balaban J connectivity index is 1.82. The van der Waals surface area contributed by atoms with Crippen LogP contribution >= 0.6 is 27.3 Å². The van der Waals surface area contributed by atoms with Gasteiger partial charge in [0.25, 0.3) is 0 Å². The summed E-state index contributed by atoms with van der Waals surface area (Å²) < 4.78 is 1.05. The molecule has 0 aliphatic carbocycles. The molecule has 0 spiro atoms. The summed E-state index contributed by atoms with van der Waals surface area (Å²) in [6.45, 7) is 0.515. The molecular formula is C10H11BrN2O2S. The third-order valence-corrected chi connectivity index (χ3v) is 4.00. The van der Waals surface area contributed by atoms with Crippen molar-refractivity contribution in [3.8, 4) is 0 Å². The Morgan fingerprint density at radius 3 is 3.00 bits per heavy atom. The second kappa shape index (κ2) is 4.97. The van der Waals surface area contributed by atoms with E-state index >= 15 is 0 Å². The number of rotatable bonds is 3. The Morgan fingerprint density at radius 2 is 2.44 bits per heavy atom. The van der Waals surface area contributed by atoms with E-state index in [0.29, 0.717) is 19.4 Å². The molecule has 1 aliphatic heterocycles. The van der Waals surface area contributed by atoms with Gasteiger partial charge < -0.3 is 10.6 Å². The number of amides is 2. The highest BCUT2D eigenvalue weighted by molar-refractivity contribution is 9.11. The van der Waals surface area contributed by atoms with Crippen LogP contribution in [0.25, 0.3) is 0 Å². The first-order chi connectivity index (χ1) is 7.65. The molecule has 0 bridgehead atoms. The molecule has 0 radical (unpaired) electrons. The molecule has 1 saturated heterocycles. The van der Waals surface area contributed by atoms with E-state index in [0.717, 1.165) is 8.66 Å². The summed E-state index contributed by atoms with van der Waals surface area (Å²) in [4.78, 5) is 23.7. The van der Waals surface area contributed by atoms with Gasteiger partial charge in [-0.3, -0.25) is 9.59 Å². The topological polar surface area (TPSA) is 58.2 Å². The minimum atomic E-state index is -0.351. The van der Waals surface area contributed by atoms with Crippen LogP contribution in [0.2, 0.25) is 0 Å². The minimum absolute atomic E-state index is 0.0426. The summed E-state index contributed by atoms with van der Waals surface area (Å²) in [7, 11) is 0. The lowest BCUT2D eigenvalue weighted by Crippen LogP contribution is -2.41. The number of hydrogen-bond acceptors (Lipinski definition) is 3. The van der Waals surface area contributed by atoms with E-state index in [1.165, 1.54) is 0 Å². The molecule has 0 saturated carbocycles. The molecule has 2 heterocycles. The summed E-state index contributed by atoms with van der Waals surface area (Å²) in [6, 6.07) is 3.56. The zero-order valence-corrected chi connectivity index (χ0v) is 10.9. The van der Waals surface area contributed by atoms with Crippen LogP contribution in [-0.2, 0) is 16.1 Å². The minimum Gasteiger partial charge on any atom is -0.349 e. The molecule has 1 aromatic rings. The van der Waals surface area contributed by atoms with Crippen molar-refractivity contribution < 1.29 is 9.59 Å². The lowest BCUT2D eigenvalue weighted by atomic mass is 10.2. The van der Waals surface area contributed by atoms with Gasteiger partial charge in [-0.15, -0.1) is 11.3 Å². The quantitative estimate of drug-likeness (QED) is 0.887. The van der Waals surface area contributed by atoms with Gasteiger partial charge in [-0.05, 0) is 34.5 Å². The monoisotopic (exact) mass is 302 g/mol. The summed E-state index contributed by atoms with van der Waals surface area (Å²) >= 11 is 4.95. The van der Waals surface area contributed by atoms with Crippen LogP contribution in [0, 0.1) is 0 Å². The maximum atomic E-state index is 11.6. The number of hydrogen-bond donors (Lipinski definition) is 2. The highest BCUT2D eigenvalue weighted by atomic mass is 79.9. The molecule has 1 fully saturated rings. The van der Waals surface area contributed by atoms with E-state index in [1.807, 2.05) is 12.1 Å². The highest BCUT2D eigenvalue weighted by Crippen LogP contribution is 2.21.